The van der Waals surface area contributed by atoms with Gasteiger partial charge in [0.05, 0.1) is 26.7 Å². The van der Waals surface area contributed by atoms with Crippen molar-refractivity contribution in [1.29, 1.82) is 0 Å². The fraction of sp³-hybridized carbons (Fsp3) is 0.261. The van der Waals surface area contributed by atoms with Crippen molar-refractivity contribution in [2.45, 2.75) is 19.5 Å². The van der Waals surface area contributed by atoms with E-state index in [2.05, 4.69) is 15.6 Å². The normalized spacial score (nSPS) is 10.6. The van der Waals surface area contributed by atoms with Crippen molar-refractivity contribution >= 4 is 17.4 Å². The smallest absolute Gasteiger partial charge is 0.330 e. The van der Waals surface area contributed by atoms with Crippen molar-refractivity contribution in [3.63, 3.8) is 0 Å². The highest BCUT2D eigenvalue weighted by Gasteiger charge is 2.18. The molecule has 0 bridgehead atoms. The number of nitrogens with one attached hydrogen (secondary N) is 3. The first-order valence-corrected chi connectivity index (χ1v) is 10.1. The van der Waals surface area contributed by atoms with Gasteiger partial charge in [0.1, 0.15) is 17.3 Å². The number of hydrogen-bond donors (Lipinski definition) is 3. The first-order valence-electron chi connectivity index (χ1n) is 10.1. The molecule has 0 aliphatic heterocycles. The van der Waals surface area contributed by atoms with Gasteiger partial charge in [-0.1, -0.05) is 48.5 Å². The summed E-state index contributed by atoms with van der Waals surface area (Å²) in [6.07, 6.45) is 0.00735. The summed E-state index contributed by atoms with van der Waals surface area (Å²) in [5, 5.41) is 5.79. The topological polar surface area (TPSA) is 114 Å². The van der Waals surface area contributed by atoms with Crippen LogP contribution in [0.5, 0.6) is 5.75 Å². The Hall–Kier alpha value is -3.85. The van der Waals surface area contributed by atoms with Crippen LogP contribution in [-0.4, -0.2) is 36.3 Å². The maximum atomic E-state index is 12.9. The third kappa shape index (κ3) is 5.64. The van der Waals surface area contributed by atoms with Crippen LogP contribution >= 0.6 is 0 Å². The Morgan fingerprint density at radius 2 is 1.75 bits per heavy atom. The standard InChI is InChI=1S/C23H26N4O5/c1-31-13-12-27-21(25-19(28)14-17-10-6-7-11-18(17)32-2)20(22(29)26-23(27)30)24-15-16-8-4-3-5-9-16/h3-11,24H,12-15H2,1-2H3,(H,25,28)(H,26,29,30). The monoisotopic (exact) mass is 438 g/mol. The Kier molecular flexibility index (Phi) is 7.82. The first kappa shape index (κ1) is 22.8. The van der Waals surface area contributed by atoms with E-state index in [0.29, 0.717) is 17.9 Å². The number of carbonyl (C=O) groups excluding carboxylic acids is 1. The average molecular weight is 438 g/mol. The number of para-hydroxylation sites is 1. The third-order valence-electron chi connectivity index (χ3n) is 4.83. The fourth-order valence-corrected chi connectivity index (χ4v) is 3.25. The summed E-state index contributed by atoms with van der Waals surface area (Å²) in [6, 6.07) is 16.6. The molecule has 3 aromatic rings. The van der Waals surface area contributed by atoms with E-state index < -0.39 is 17.2 Å². The van der Waals surface area contributed by atoms with Gasteiger partial charge in [-0.05, 0) is 11.6 Å². The molecule has 0 atom stereocenters. The molecule has 1 heterocycles. The Bertz CT molecular complexity index is 1170. The maximum absolute atomic E-state index is 12.9. The molecule has 1 amide bonds. The Morgan fingerprint density at radius 3 is 2.47 bits per heavy atom. The van der Waals surface area contributed by atoms with Crippen LogP contribution in [0.25, 0.3) is 0 Å². The van der Waals surface area contributed by atoms with Crippen molar-refractivity contribution < 1.29 is 14.3 Å². The van der Waals surface area contributed by atoms with Gasteiger partial charge in [-0.2, -0.15) is 0 Å². The van der Waals surface area contributed by atoms with E-state index >= 15 is 0 Å². The molecule has 3 N–H and O–H groups in total. The number of ether oxygens (including phenoxy) is 2. The number of aromatic amines is 1. The van der Waals surface area contributed by atoms with Crippen molar-refractivity contribution in [3.05, 3.63) is 86.6 Å². The Balaban J connectivity index is 1.93. The van der Waals surface area contributed by atoms with Crippen LogP contribution in [-0.2, 0) is 29.0 Å². The van der Waals surface area contributed by atoms with Gasteiger partial charge in [0.15, 0.2) is 0 Å². The Morgan fingerprint density at radius 1 is 1.03 bits per heavy atom. The number of anilines is 2. The summed E-state index contributed by atoms with van der Waals surface area (Å²) in [5.41, 5.74) is 0.463. The van der Waals surface area contributed by atoms with Crippen molar-refractivity contribution in [2.75, 3.05) is 31.5 Å². The number of carbonyl (C=O) groups is 1. The van der Waals surface area contributed by atoms with E-state index in [9.17, 15) is 14.4 Å². The summed E-state index contributed by atoms with van der Waals surface area (Å²) in [7, 11) is 3.03. The maximum Gasteiger partial charge on any atom is 0.330 e. The minimum atomic E-state index is -0.634. The number of rotatable bonds is 10. The van der Waals surface area contributed by atoms with Crippen molar-refractivity contribution in [1.82, 2.24) is 9.55 Å². The van der Waals surface area contributed by atoms with Crippen LogP contribution in [0, 0.1) is 0 Å². The lowest BCUT2D eigenvalue weighted by Gasteiger charge is -2.18. The summed E-state index contributed by atoms with van der Waals surface area (Å²) >= 11 is 0. The molecule has 0 fully saturated rings. The van der Waals surface area contributed by atoms with Crippen LogP contribution in [0.15, 0.2) is 64.2 Å². The molecule has 0 radical (unpaired) electrons. The number of amides is 1. The van der Waals surface area contributed by atoms with E-state index in [0.717, 1.165) is 5.56 Å². The molecule has 0 saturated carbocycles. The second-order valence-corrected chi connectivity index (χ2v) is 7.00. The zero-order valence-corrected chi connectivity index (χ0v) is 18.0. The lowest BCUT2D eigenvalue weighted by molar-refractivity contribution is -0.115. The summed E-state index contributed by atoms with van der Waals surface area (Å²) < 4.78 is 11.7. The fourth-order valence-electron chi connectivity index (χ4n) is 3.25. The molecule has 0 aliphatic rings. The molecule has 9 heteroatoms. The molecule has 0 aliphatic carbocycles. The quantitative estimate of drug-likeness (QED) is 0.446. The van der Waals surface area contributed by atoms with Gasteiger partial charge in [-0.15, -0.1) is 0 Å². The van der Waals surface area contributed by atoms with E-state index in [1.165, 1.54) is 18.8 Å². The Labute approximate surface area is 185 Å². The molecule has 9 nitrogen and oxygen atoms in total. The average Bonchev–Trinajstić information content (AvgIpc) is 2.79. The molecular formula is C23H26N4O5. The highest BCUT2D eigenvalue weighted by atomic mass is 16.5. The van der Waals surface area contributed by atoms with Gasteiger partial charge in [-0.3, -0.25) is 19.1 Å². The molecule has 0 saturated heterocycles. The lowest BCUT2D eigenvalue weighted by Crippen LogP contribution is -2.36. The summed E-state index contributed by atoms with van der Waals surface area (Å²) in [5.74, 6) is 0.271. The largest absolute Gasteiger partial charge is 0.496 e. The molecular weight excluding hydrogens is 412 g/mol. The van der Waals surface area contributed by atoms with E-state index in [1.54, 1.807) is 18.2 Å². The van der Waals surface area contributed by atoms with E-state index in [4.69, 9.17) is 9.47 Å². The predicted molar refractivity (Wildman–Crippen MR) is 122 cm³/mol. The number of aromatic nitrogens is 2. The highest BCUT2D eigenvalue weighted by Crippen LogP contribution is 2.20. The van der Waals surface area contributed by atoms with Crippen molar-refractivity contribution in [2.24, 2.45) is 0 Å². The molecule has 32 heavy (non-hydrogen) atoms. The van der Waals surface area contributed by atoms with Crippen molar-refractivity contribution in [3.8, 4) is 5.75 Å². The number of benzene rings is 2. The van der Waals surface area contributed by atoms with E-state index in [1.807, 2.05) is 36.4 Å². The van der Waals surface area contributed by atoms with Gasteiger partial charge in [0.25, 0.3) is 5.56 Å². The number of hydrogen-bond acceptors (Lipinski definition) is 6. The van der Waals surface area contributed by atoms with Crippen LogP contribution in [0.2, 0.25) is 0 Å². The summed E-state index contributed by atoms with van der Waals surface area (Å²) in [4.78, 5) is 40.3. The van der Waals surface area contributed by atoms with Gasteiger partial charge < -0.3 is 20.1 Å². The number of methoxy groups -OCH3 is 2. The molecule has 0 unspecified atom stereocenters. The second-order valence-electron chi connectivity index (χ2n) is 7.00. The number of H-pyrrole nitrogens is 1. The van der Waals surface area contributed by atoms with E-state index in [-0.39, 0.29) is 31.1 Å². The van der Waals surface area contributed by atoms with Gasteiger partial charge in [0.2, 0.25) is 5.91 Å². The van der Waals surface area contributed by atoms with Crippen LogP contribution in [0.4, 0.5) is 11.5 Å². The second kappa shape index (κ2) is 11.0. The van der Waals surface area contributed by atoms with Gasteiger partial charge in [-0.25, -0.2) is 4.79 Å². The minimum absolute atomic E-state index is 0.00735. The molecule has 0 spiro atoms. The van der Waals surface area contributed by atoms with Gasteiger partial charge >= 0.3 is 5.69 Å². The number of nitrogens with zero attached hydrogens (tertiary/aromatic N) is 1. The molecule has 168 valence electrons. The lowest BCUT2D eigenvalue weighted by atomic mass is 10.1. The first-order chi connectivity index (χ1) is 15.5. The highest BCUT2D eigenvalue weighted by molar-refractivity contribution is 5.94. The predicted octanol–water partition coefficient (Wildman–Crippen LogP) is 1.98. The van der Waals surface area contributed by atoms with Crippen LogP contribution in [0.1, 0.15) is 11.1 Å². The third-order valence-corrected chi connectivity index (χ3v) is 4.83. The molecule has 3 rings (SSSR count). The van der Waals surface area contributed by atoms with Crippen LogP contribution < -0.4 is 26.6 Å². The summed E-state index contributed by atoms with van der Waals surface area (Å²) in [6.45, 7) is 0.706. The molecule has 1 aromatic heterocycles. The zero-order chi connectivity index (χ0) is 22.9. The minimum Gasteiger partial charge on any atom is -0.496 e. The zero-order valence-electron chi connectivity index (χ0n) is 18.0. The molecule has 2 aromatic carbocycles. The van der Waals surface area contributed by atoms with Crippen LogP contribution in [0.3, 0.4) is 0 Å². The van der Waals surface area contributed by atoms with Gasteiger partial charge in [0, 0.05) is 19.2 Å². The SMILES string of the molecule is COCCn1c(NC(=O)Cc2ccccc2OC)c(NCc2ccccc2)c(=O)[nH]c1=O.